The summed E-state index contributed by atoms with van der Waals surface area (Å²) in [5, 5.41) is 19.9. The van der Waals surface area contributed by atoms with Crippen LogP contribution in [0.4, 0.5) is 28.0 Å². The van der Waals surface area contributed by atoms with Crippen LogP contribution < -0.4 is 15.4 Å². The van der Waals surface area contributed by atoms with Crippen LogP contribution in [0.3, 0.4) is 0 Å². The number of nitrogens with one attached hydrogen (secondary N) is 2. The van der Waals surface area contributed by atoms with E-state index in [1.54, 1.807) is 12.3 Å². The molecule has 37 heavy (non-hydrogen) atoms. The molecule has 1 amide bonds. The summed E-state index contributed by atoms with van der Waals surface area (Å²) in [5.74, 6) is -2.89. The van der Waals surface area contributed by atoms with Gasteiger partial charge in [0.1, 0.15) is 12.3 Å². The number of alkyl halides is 3. The lowest BCUT2D eigenvalue weighted by molar-refractivity contribution is -0.275. The molecule has 0 radical (unpaired) electrons. The van der Waals surface area contributed by atoms with Crippen LogP contribution in [0.5, 0.6) is 5.75 Å². The predicted molar refractivity (Wildman–Crippen MR) is 127 cm³/mol. The number of hydrogen-bond donors (Lipinski definition) is 2. The standard InChI is InChI=1S/C22H16Cl2F4N6O3/c1-2-8-36-21(35)32-16-10-34(33-19(16)12-6-7-13(23)14(24)9-12)20(30-11-29)31-15-4-3-5-17(18(15)25)37-22(26,27)28/h2-7,9,16H,1,8,10H2,(H,30,31)(H,32,35). The minimum Gasteiger partial charge on any atom is -0.445 e. The highest BCUT2D eigenvalue weighted by atomic mass is 35.5. The minimum absolute atomic E-state index is 0.0696. The topological polar surface area (TPSA) is 111 Å². The first kappa shape index (κ1) is 27.6. The first-order valence-corrected chi connectivity index (χ1v) is 10.9. The number of halogens is 6. The van der Waals surface area contributed by atoms with E-state index < -0.39 is 35.8 Å². The molecule has 15 heteroatoms. The Kier molecular flexibility index (Phi) is 8.80. The van der Waals surface area contributed by atoms with Gasteiger partial charge in [0.25, 0.3) is 0 Å². The third-order valence-electron chi connectivity index (χ3n) is 4.56. The molecule has 194 valence electrons. The van der Waals surface area contributed by atoms with Gasteiger partial charge in [-0.05, 0) is 24.3 Å². The lowest BCUT2D eigenvalue weighted by Gasteiger charge is -2.18. The molecule has 2 aromatic carbocycles. The van der Waals surface area contributed by atoms with E-state index in [4.69, 9.17) is 27.9 Å². The van der Waals surface area contributed by atoms with Crippen molar-refractivity contribution in [3.05, 3.63) is 70.5 Å². The second-order valence-corrected chi connectivity index (χ2v) is 7.90. The highest BCUT2D eigenvalue weighted by Crippen LogP contribution is 2.31. The molecular weight excluding hydrogens is 543 g/mol. The quantitative estimate of drug-likeness (QED) is 0.127. The van der Waals surface area contributed by atoms with Crippen LogP contribution in [0.25, 0.3) is 0 Å². The Morgan fingerprint density at radius 1 is 1.32 bits per heavy atom. The first-order valence-electron chi connectivity index (χ1n) is 10.2. The highest BCUT2D eigenvalue weighted by Gasteiger charge is 2.34. The van der Waals surface area contributed by atoms with Crippen LogP contribution in [0.2, 0.25) is 10.0 Å². The molecular formula is C22H16Cl2F4N6O3. The molecule has 1 heterocycles. The van der Waals surface area contributed by atoms with Crippen LogP contribution in [0.15, 0.2) is 59.1 Å². The molecule has 1 aliphatic rings. The van der Waals surface area contributed by atoms with Crippen LogP contribution in [-0.4, -0.2) is 48.3 Å². The van der Waals surface area contributed by atoms with Gasteiger partial charge in [0.2, 0.25) is 5.96 Å². The summed E-state index contributed by atoms with van der Waals surface area (Å²) >= 11 is 12.1. The number of ether oxygens (including phenoxy) is 2. The molecule has 0 aromatic heterocycles. The Morgan fingerprint density at radius 3 is 2.73 bits per heavy atom. The number of amides is 1. The number of nitrogens with zero attached hydrogens (tertiary/aromatic N) is 4. The van der Waals surface area contributed by atoms with E-state index in [0.717, 1.165) is 23.2 Å². The monoisotopic (exact) mass is 558 g/mol. The van der Waals surface area contributed by atoms with Crippen LogP contribution in [0, 0.1) is 17.3 Å². The Labute approximate surface area is 217 Å². The molecule has 2 N–H and O–H groups in total. The fourth-order valence-corrected chi connectivity index (χ4v) is 3.38. The average molecular weight is 559 g/mol. The summed E-state index contributed by atoms with van der Waals surface area (Å²) in [5.41, 5.74) is 0.109. The van der Waals surface area contributed by atoms with E-state index in [1.807, 2.05) is 0 Å². The van der Waals surface area contributed by atoms with Crippen molar-refractivity contribution in [3.63, 3.8) is 0 Å². The summed E-state index contributed by atoms with van der Waals surface area (Å²) in [4.78, 5) is 16.1. The maximum Gasteiger partial charge on any atom is 0.573 e. The lowest BCUT2D eigenvalue weighted by atomic mass is 10.0. The molecule has 0 fully saturated rings. The number of hydrogen-bond acceptors (Lipinski definition) is 6. The maximum absolute atomic E-state index is 14.7. The van der Waals surface area contributed by atoms with E-state index in [0.29, 0.717) is 5.56 Å². The van der Waals surface area contributed by atoms with Gasteiger partial charge in [-0.3, -0.25) is 5.32 Å². The highest BCUT2D eigenvalue weighted by molar-refractivity contribution is 6.42. The Morgan fingerprint density at radius 2 is 2.08 bits per heavy atom. The fraction of sp³-hybridized carbons (Fsp3) is 0.182. The third kappa shape index (κ3) is 7.25. The second-order valence-electron chi connectivity index (χ2n) is 7.09. The van der Waals surface area contributed by atoms with Crippen molar-refractivity contribution >= 4 is 46.7 Å². The van der Waals surface area contributed by atoms with Gasteiger partial charge in [-0.1, -0.05) is 48.0 Å². The zero-order valence-electron chi connectivity index (χ0n) is 18.5. The molecule has 0 bridgehead atoms. The van der Waals surface area contributed by atoms with Crippen molar-refractivity contribution in [2.45, 2.75) is 12.4 Å². The van der Waals surface area contributed by atoms with Crippen molar-refractivity contribution in [1.82, 2.24) is 15.6 Å². The molecule has 1 unspecified atom stereocenters. The van der Waals surface area contributed by atoms with Crippen molar-refractivity contribution in [3.8, 4) is 11.9 Å². The van der Waals surface area contributed by atoms with Gasteiger partial charge in [0, 0.05) is 5.56 Å². The number of hydrazone groups is 1. The summed E-state index contributed by atoms with van der Waals surface area (Å²) in [6, 6.07) is 6.65. The molecule has 0 saturated carbocycles. The zero-order chi connectivity index (χ0) is 27.2. The minimum atomic E-state index is -5.13. The Bertz CT molecular complexity index is 1300. The van der Waals surface area contributed by atoms with Crippen molar-refractivity contribution in [1.29, 1.82) is 5.26 Å². The molecule has 1 aliphatic heterocycles. The number of benzene rings is 2. The van der Waals surface area contributed by atoms with Crippen molar-refractivity contribution in [2.75, 3.05) is 13.2 Å². The van der Waals surface area contributed by atoms with Gasteiger partial charge in [0.15, 0.2) is 17.8 Å². The number of nitriles is 1. The summed E-state index contributed by atoms with van der Waals surface area (Å²) < 4.78 is 61.1. The van der Waals surface area contributed by atoms with E-state index in [9.17, 15) is 27.6 Å². The molecule has 3 rings (SSSR count). The number of alkyl carbamates (subject to hydrolysis) is 1. The van der Waals surface area contributed by atoms with Crippen molar-refractivity contribution in [2.24, 2.45) is 10.1 Å². The molecule has 0 spiro atoms. The SMILES string of the molecule is C=CCOC(=O)NC1CN(C(=Nc2cccc(OC(F)(F)F)c2F)NC#N)N=C1c1ccc(Cl)c(Cl)c1. The van der Waals surface area contributed by atoms with Gasteiger partial charge in [-0.25, -0.2) is 19.2 Å². The first-order chi connectivity index (χ1) is 17.5. The van der Waals surface area contributed by atoms with Gasteiger partial charge in [0.05, 0.1) is 28.3 Å². The van der Waals surface area contributed by atoms with Crippen LogP contribution in [-0.2, 0) is 4.74 Å². The van der Waals surface area contributed by atoms with E-state index in [2.05, 4.69) is 32.0 Å². The third-order valence-corrected chi connectivity index (χ3v) is 5.30. The van der Waals surface area contributed by atoms with Gasteiger partial charge in [-0.2, -0.15) is 10.4 Å². The normalized spacial score (nSPS) is 15.5. The van der Waals surface area contributed by atoms with E-state index in [-0.39, 0.29) is 34.9 Å². The number of carbonyl (C=O) groups is 1. The smallest absolute Gasteiger partial charge is 0.445 e. The van der Waals surface area contributed by atoms with Gasteiger partial charge in [-0.15, -0.1) is 13.2 Å². The average Bonchev–Trinajstić information content (AvgIpc) is 3.24. The largest absolute Gasteiger partial charge is 0.573 e. The predicted octanol–water partition coefficient (Wildman–Crippen LogP) is 5.09. The molecule has 1 atom stereocenters. The summed E-state index contributed by atoms with van der Waals surface area (Å²) in [6.45, 7) is 3.25. The number of carbonyl (C=O) groups excluding carboxylic acids is 1. The number of rotatable bonds is 6. The van der Waals surface area contributed by atoms with Gasteiger partial charge >= 0.3 is 12.5 Å². The number of guanidine groups is 1. The van der Waals surface area contributed by atoms with Gasteiger partial charge < -0.3 is 14.8 Å². The molecule has 9 nitrogen and oxygen atoms in total. The van der Waals surface area contributed by atoms with Crippen LogP contribution >= 0.6 is 23.2 Å². The fourth-order valence-electron chi connectivity index (χ4n) is 3.08. The summed E-state index contributed by atoms with van der Waals surface area (Å²) in [7, 11) is 0. The molecule has 0 saturated heterocycles. The molecule has 0 aliphatic carbocycles. The van der Waals surface area contributed by atoms with Crippen molar-refractivity contribution < 1.29 is 31.8 Å². The van der Waals surface area contributed by atoms with E-state index in [1.165, 1.54) is 18.2 Å². The maximum atomic E-state index is 14.7. The molecule has 2 aromatic rings. The van der Waals surface area contributed by atoms with Crippen LogP contribution in [0.1, 0.15) is 5.56 Å². The Hall–Kier alpha value is -4.02. The number of aliphatic imine (C=N–C) groups is 1. The second kappa shape index (κ2) is 11.8. The zero-order valence-corrected chi connectivity index (χ0v) is 20.0. The Balaban J connectivity index is 2.00. The lowest BCUT2D eigenvalue weighted by Crippen LogP contribution is -2.45. The summed E-state index contributed by atoms with van der Waals surface area (Å²) in [6.07, 6.45) is -2.98. The van der Waals surface area contributed by atoms with E-state index >= 15 is 0 Å².